The molecule has 0 bridgehead atoms. The second-order valence-corrected chi connectivity index (χ2v) is 6.05. The number of benzene rings is 3. The molecule has 0 heterocycles. The van der Waals surface area contributed by atoms with Gasteiger partial charge in [-0.05, 0) is 47.0 Å². The highest BCUT2D eigenvalue weighted by atomic mass is 16.5. The van der Waals surface area contributed by atoms with E-state index < -0.39 is 0 Å². The van der Waals surface area contributed by atoms with Crippen LogP contribution in [0, 0.1) is 0 Å². The van der Waals surface area contributed by atoms with Crippen LogP contribution in [0.2, 0.25) is 0 Å². The number of carbonyl (C=O) groups excluding carboxylic acids is 1. The maximum Gasteiger partial charge on any atom is 0.251 e. The summed E-state index contributed by atoms with van der Waals surface area (Å²) in [5.41, 5.74) is 2.48. The highest BCUT2D eigenvalue weighted by molar-refractivity contribution is 5.95. The van der Waals surface area contributed by atoms with Crippen LogP contribution in [0.1, 0.15) is 27.0 Å². The van der Waals surface area contributed by atoms with Crippen molar-refractivity contribution in [2.24, 2.45) is 0 Å². The van der Waals surface area contributed by atoms with Gasteiger partial charge in [-0.1, -0.05) is 42.5 Å². The summed E-state index contributed by atoms with van der Waals surface area (Å²) >= 11 is 0. The molecule has 3 rings (SSSR count). The van der Waals surface area contributed by atoms with Crippen LogP contribution in [-0.2, 0) is 19.8 Å². The standard InChI is InChI=1S/C22H21NO4/c24-14-17-8-11-21(18(12-17)15-25)22(26)23-13-16-6-9-20(10-7-16)27-19-4-2-1-3-5-19/h1-12,24-25H,13-15H2,(H,23,26). The summed E-state index contributed by atoms with van der Waals surface area (Å²) in [5, 5.41) is 21.5. The molecule has 138 valence electrons. The lowest BCUT2D eigenvalue weighted by atomic mass is 10.0. The molecular formula is C22H21NO4. The third-order valence-electron chi connectivity index (χ3n) is 4.12. The summed E-state index contributed by atoms with van der Waals surface area (Å²) in [7, 11) is 0. The van der Waals surface area contributed by atoms with Crippen LogP contribution in [0.3, 0.4) is 0 Å². The number of hydrogen-bond acceptors (Lipinski definition) is 4. The molecule has 0 unspecified atom stereocenters. The first-order chi connectivity index (χ1) is 13.2. The predicted octanol–water partition coefficient (Wildman–Crippen LogP) is 3.39. The number of ether oxygens (including phenoxy) is 1. The van der Waals surface area contributed by atoms with E-state index in [1.165, 1.54) is 0 Å². The van der Waals surface area contributed by atoms with E-state index in [1.807, 2.05) is 54.6 Å². The highest BCUT2D eigenvalue weighted by Crippen LogP contribution is 2.21. The molecule has 5 nitrogen and oxygen atoms in total. The Morgan fingerprint density at radius 2 is 1.48 bits per heavy atom. The van der Waals surface area contributed by atoms with Crippen LogP contribution in [0.15, 0.2) is 72.8 Å². The van der Waals surface area contributed by atoms with Gasteiger partial charge < -0.3 is 20.3 Å². The molecule has 0 saturated heterocycles. The second-order valence-electron chi connectivity index (χ2n) is 6.05. The first-order valence-corrected chi connectivity index (χ1v) is 8.63. The number of carbonyl (C=O) groups is 1. The molecule has 0 aliphatic carbocycles. The van der Waals surface area contributed by atoms with E-state index in [-0.39, 0.29) is 19.1 Å². The van der Waals surface area contributed by atoms with Crippen LogP contribution in [0.4, 0.5) is 0 Å². The Balaban J connectivity index is 1.60. The number of para-hydroxylation sites is 1. The smallest absolute Gasteiger partial charge is 0.251 e. The van der Waals surface area contributed by atoms with Gasteiger partial charge in [-0.2, -0.15) is 0 Å². The predicted molar refractivity (Wildman–Crippen MR) is 102 cm³/mol. The zero-order valence-electron chi connectivity index (χ0n) is 14.8. The summed E-state index contributed by atoms with van der Waals surface area (Å²) in [6.45, 7) is -0.0362. The van der Waals surface area contributed by atoms with Gasteiger partial charge in [0.2, 0.25) is 0 Å². The van der Waals surface area contributed by atoms with Crippen LogP contribution >= 0.6 is 0 Å². The van der Waals surface area contributed by atoms with Gasteiger partial charge in [0, 0.05) is 12.1 Å². The summed E-state index contributed by atoms with van der Waals surface area (Å²) in [6, 6.07) is 21.9. The number of hydrogen-bond donors (Lipinski definition) is 3. The number of aliphatic hydroxyl groups is 2. The van der Waals surface area contributed by atoms with E-state index in [0.29, 0.717) is 23.2 Å². The summed E-state index contributed by atoms with van der Waals surface area (Å²) < 4.78 is 5.74. The lowest BCUT2D eigenvalue weighted by Gasteiger charge is -2.11. The Hall–Kier alpha value is -3.15. The minimum Gasteiger partial charge on any atom is -0.457 e. The minimum atomic E-state index is -0.270. The fourth-order valence-electron chi connectivity index (χ4n) is 2.68. The van der Waals surface area contributed by atoms with Gasteiger partial charge in [-0.15, -0.1) is 0 Å². The Morgan fingerprint density at radius 1 is 0.815 bits per heavy atom. The zero-order valence-corrected chi connectivity index (χ0v) is 14.8. The van der Waals surface area contributed by atoms with Gasteiger partial charge >= 0.3 is 0 Å². The fraction of sp³-hybridized carbons (Fsp3) is 0.136. The number of rotatable bonds is 7. The first-order valence-electron chi connectivity index (χ1n) is 8.63. The van der Waals surface area contributed by atoms with Crippen LogP contribution in [0.25, 0.3) is 0 Å². The summed E-state index contributed by atoms with van der Waals surface area (Å²) in [6.07, 6.45) is 0. The Kier molecular flexibility index (Phi) is 6.20. The Morgan fingerprint density at radius 3 is 2.15 bits per heavy atom. The highest BCUT2D eigenvalue weighted by Gasteiger charge is 2.11. The van der Waals surface area contributed by atoms with Crippen LogP contribution in [0.5, 0.6) is 11.5 Å². The first kappa shape index (κ1) is 18.6. The quantitative estimate of drug-likeness (QED) is 0.601. The van der Waals surface area contributed by atoms with Gasteiger partial charge in [0.25, 0.3) is 5.91 Å². The van der Waals surface area contributed by atoms with Gasteiger partial charge in [0.15, 0.2) is 0 Å². The topological polar surface area (TPSA) is 78.8 Å². The molecule has 0 fully saturated rings. The van der Waals surface area contributed by atoms with E-state index in [0.717, 1.165) is 17.1 Å². The maximum absolute atomic E-state index is 12.4. The SMILES string of the molecule is O=C(NCc1ccc(Oc2ccccc2)cc1)c1ccc(CO)cc1CO. The van der Waals surface area contributed by atoms with Crippen molar-refractivity contribution in [1.82, 2.24) is 5.32 Å². The average Bonchev–Trinajstić information content (AvgIpc) is 2.73. The average molecular weight is 363 g/mol. The Labute approximate surface area is 157 Å². The third-order valence-corrected chi connectivity index (χ3v) is 4.12. The van der Waals surface area contributed by atoms with Crippen molar-refractivity contribution in [3.63, 3.8) is 0 Å². The molecule has 0 atom stereocenters. The van der Waals surface area contributed by atoms with E-state index >= 15 is 0 Å². The monoisotopic (exact) mass is 363 g/mol. The van der Waals surface area contributed by atoms with Gasteiger partial charge in [0.05, 0.1) is 13.2 Å². The number of amides is 1. The lowest BCUT2D eigenvalue weighted by molar-refractivity contribution is 0.0947. The van der Waals surface area contributed by atoms with Crippen LogP contribution in [-0.4, -0.2) is 16.1 Å². The van der Waals surface area contributed by atoms with Crippen LogP contribution < -0.4 is 10.1 Å². The molecule has 3 aromatic rings. The molecule has 0 saturated carbocycles. The van der Waals surface area contributed by atoms with E-state index in [9.17, 15) is 9.90 Å². The van der Waals surface area contributed by atoms with Crippen molar-refractivity contribution in [2.75, 3.05) is 0 Å². The van der Waals surface area contributed by atoms with Gasteiger partial charge in [0.1, 0.15) is 11.5 Å². The normalized spacial score (nSPS) is 10.4. The molecule has 1 amide bonds. The molecule has 3 aromatic carbocycles. The second kappa shape index (κ2) is 8.98. The largest absolute Gasteiger partial charge is 0.457 e. The van der Waals surface area contributed by atoms with Crippen molar-refractivity contribution >= 4 is 5.91 Å². The maximum atomic E-state index is 12.4. The molecule has 0 aliphatic heterocycles. The van der Waals surface area contributed by atoms with E-state index in [2.05, 4.69) is 5.32 Å². The van der Waals surface area contributed by atoms with Crippen molar-refractivity contribution < 1.29 is 19.7 Å². The van der Waals surface area contributed by atoms with E-state index in [4.69, 9.17) is 9.84 Å². The molecule has 27 heavy (non-hydrogen) atoms. The molecule has 0 spiro atoms. The molecule has 0 aromatic heterocycles. The van der Waals surface area contributed by atoms with E-state index in [1.54, 1.807) is 18.2 Å². The summed E-state index contributed by atoms with van der Waals surface area (Å²) in [5.74, 6) is 1.22. The van der Waals surface area contributed by atoms with Crippen molar-refractivity contribution in [1.29, 1.82) is 0 Å². The minimum absolute atomic E-state index is 0.133. The lowest BCUT2D eigenvalue weighted by Crippen LogP contribution is -2.24. The molecule has 0 radical (unpaired) electrons. The third kappa shape index (κ3) is 4.94. The number of nitrogens with one attached hydrogen (secondary N) is 1. The van der Waals surface area contributed by atoms with Gasteiger partial charge in [-0.25, -0.2) is 0 Å². The Bertz CT molecular complexity index is 892. The van der Waals surface area contributed by atoms with Crippen molar-refractivity contribution in [3.8, 4) is 11.5 Å². The van der Waals surface area contributed by atoms with Crippen molar-refractivity contribution in [2.45, 2.75) is 19.8 Å². The fourth-order valence-corrected chi connectivity index (χ4v) is 2.68. The van der Waals surface area contributed by atoms with Gasteiger partial charge in [-0.3, -0.25) is 4.79 Å². The molecule has 5 heteroatoms. The molecule has 0 aliphatic rings. The molecular weight excluding hydrogens is 342 g/mol. The molecule has 3 N–H and O–H groups in total. The number of aliphatic hydroxyl groups excluding tert-OH is 2. The van der Waals surface area contributed by atoms with Crippen molar-refractivity contribution in [3.05, 3.63) is 95.1 Å². The summed E-state index contributed by atoms with van der Waals surface area (Å²) in [4.78, 5) is 12.4. The zero-order chi connectivity index (χ0) is 19.1.